The lowest BCUT2D eigenvalue weighted by Gasteiger charge is -2.23. The van der Waals surface area contributed by atoms with Gasteiger partial charge in [-0.15, -0.1) is 0 Å². The van der Waals surface area contributed by atoms with Crippen molar-refractivity contribution in [1.29, 1.82) is 0 Å². The van der Waals surface area contributed by atoms with Crippen LogP contribution in [-0.2, 0) is 14.8 Å². The molecule has 0 radical (unpaired) electrons. The Bertz CT molecular complexity index is 1130. The summed E-state index contributed by atoms with van der Waals surface area (Å²) in [4.78, 5) is 12.5. The number of hydrogen-bond donors (Lipinski definition) is 1. The molecule has 0 aliphatic heterocycles. The normalized spacial score (nSPS) is 11.4. The molecule has 0 atom stereocenters. The van der Waals surface area contributed by atoms with Crippen molar-refractivity contribution in [2.24, 2.45) is 5.10 Å². The SMILES string of the molecule is Cc1ccc(S(=O)(=O)N(CC(=O)N/N=C/c2ccc(F)cc2)c2ccccc2)cc1. The highest BCUT2D eigenvalue weighted by atomic mass is 32.2. The molecular weight excluding hydrogens is 405 g/mol. The number of aryl methyl sites for hydroxylation is 1. The van der Waals surface area contributed by atoms with E-state index in [1.165, 1.54) is 42.6 Å². The summed E-state index contributed by atoms with van der Waals surface area (Å²) in [6.45, 7) is 1.40. The van der Waals surface area contributed by atoms with Gasteiger partial charge >= 0.3 is 0 Å². The molecule has 0 saturated heterocycles. The third kappa shape index (κ3) is 5.30. The van der Waals surface area contributed by atoms with Crippen molar-refractivity contribution >= 4 is 27.8 Å². The zero-order valence-electron chi connectivity index (χ0n) is 16.2. The predicted octanol–water partition coefficient (Wildman–Crippen LogP) is 3.48. The van der Waals surface area contributed by atoms with Crippen molar-refractivity contribution in [3.63, 3.8) is 0 Å². The van der Waals surface area contributed by atoms with Gasteiger partial charge in [0.05, 0.1) is 16.8 Å². The lowest BCUT2D eigenvalue weighted by atomic mass is 10.2. The number of hydrogen-bond acceptors (Lipinski definition) is 4. The van der Waals surface area contributed by atoms with E-state index in [9.17, 15) is 17.6 Å². The van der Waals surface area contributed by atoms with E-state index in [1.807, 2.05) is 6.92 Å². The predicted molar refractivity (Wildman–Crippen MR) is 114 cm³/mol. The summed E-state index contributed by atoms with van der Waals surface area (Å²) in [6.07, 6.45) is 1.35. The van der Waals surface area contributed by atoms with Crippen LogP contribution in [0, 0.1) is 12.7 Å². The highest BCUT2D eigenvalue weighted by molar-refractivity contribution is 7.92. The average Bonchev–Trinajstić information content (AvgIpc) is 2.74. The van der Waals surface area contributed by atoms with E-state index in [4.69, 9.17) is 0 Å². The largest absolute Gasteiger partial charge is 0.271 e. The maximum absolute atomic E-state index is 13.2. The molecule has 30 heavy (non-hydrogen) atoms. The minimum Gasteiger partial charge on any atom is -0.271 e. The van der Waals surface area contributed by atoms with Crippen molar-refractivity contribution in [2.75, 3.05) is 10.8 Å². The monoisotopic (exact) mass is 425 g/mol. The van der Waals surface area contributed by atoms with E-state index in [0.717, 1.165) is 9.87 Å². The maximum atomic E-state index is 13.2. The summed E-state index contributed by atoms with van der Waals surface area (Å²) in [7, 11) is -3.97. The fourth-order valence-electron chi connectivity index (χ4n) is 2.64. The fourth-order valence-corrected chi connectivity index (χ4v) is 4.06. The van der Waals surface area contributed by atoms with Gasteiger partial charge in [-0.1, -0.05) is 48.0 Å². The topological polar surface area (TPSA) is 78.8 Å². The fraction of sp³-hybridized carbons (Fsp3) is 0.0909. The van der Waals surface area contributed by atoms with E-state index in [0.29, 0.717) is 11.3 Å². The minimum atomic E-state index is -3.97. The second-order valence-corrected chi connectivity index (χ2v) is 8.37. The number of nitrogens with one attached hydrogen (secondary N) is 1. The van der Waals surface area contributed by atoms with Crippen LogP contribution in [0.15, 0.2) is 88.9 Å². The lowest BCUT2D eigenvalue weighted by molar-refractivity contribution is -0.119. The number of halogens is 1. The molecule has 0 aliphatic carbocycles. The first-order chi connectivity index (χ1) is 14.4. The second kappa shape index (κ2) is 9.32. The number of nitrogens with zero attached hydrogens (tertiary/aromatic N) is 2. The van der Waals surface area contributed by atoms with E-state index in [2.05, 4.69) is 10.5 Å². The Morgan fingerprint density at radius 1 is 1.00 bits per heavy atom. The van der Waals surface area contributed by atoms with Crippen LogP contribution < -0.4 is 9.73 Å². The molecule has 0 aromatic heterocycles. The molecule has 0 heterocycles. The highest BCUT2D eigenvalue weighted by Gasteiger charge is 2.27. The quantitative estimate of drug-likeness (QED) is 0.465. The Morgan fingerprint density at radius 3 is 2.27 bits per heavy atom. The van der Waals surface area contributed by atoms with Gasteiger partial charge in [0.15, 0.2) is 0 Å². The number of hydrazone groups is 1. The second-order valence-electron chi connectivity index (χ2n) is 6.51. The molecule has 1 N–H and O–H groups in total. The van der Waals surface area contributed by atoms with Gasteiger partial charge in [0.2, 0.25) is 0 Å². The van der Waals surface area contributed by atoms with Gasteiger partial charge in [0.1, 0.15) is 12.4 Å². The molecule has 3 aromatic carbocycles. The van der Waals surface area contributed by atoms with Gasteiger partial charge in [-0.25, -0.2) is 18.2 Å². The molecule has 0 spiro atoms. The maximum Gasteiger partial charge on any atom is 0.264 e. The number of amides is 1. The minimum absolute atomic E-state index is 0.0829. The van der Waals surface area contributed by atoms with E-state index in [-0.39, 0.29) is 10.7 Å². The number of benzene rings is 3. The van der Waals surface area contributed by atoms with Crippen LogP contribution in [0.3, 0.4) is 0 Å². The summed E-state index contributed by atoms with van der Waals surface area (Å²) in [5.41, 5.74) is 4.18. The zero-order valence-corrected chi connectivity index (χ0v) is 17.0. The summed E-state index contributed by atoms with van der Waals surface area (Å²) < 4.78 is 40.3. The molecule has 1 amide bonds. The third-order valence-electron chi connectivity index (χ3n) is 4.21. The smallest absolute Gasteiger partial charge is 0.264 e. The first-order valence-corrected chi connectivity index (χ1v) is 10.5. The summed E-state index contributed by atoms with van der Waals surface area (Å²) in [5, 5.41) is 3.82. The summed E-state index contributed by atoms with van der Waals surface area (Å²) in [5.74, 6) is -0.996. The van der Waals surface area contributed by atoms with Crippen LogP contribution in [0.4, 0.5) is 10.1 Å². The van der Waals surface area contributed by atoms with Gasteiger partial charge in [-0.05, 0) is 48.9 Å². The van der Waals surface area contributed by atoms with Gasteiger partial charge in [-0.3, -0.25) is 9.10 Å². The van der Waals surface area contributed by atoms with Crippen molar-refractivity contribution in [1.82, 2.24) is 5.43 Å². The Kier molecular flexibility index (Phi) is 6.58. The molecule has 0 bridgehead atoms. The Morgan fingerprint density at radius 2 is 1.63 bits per heavy atom. The van der Waals surface area contributed by atoms with Crippen molar-refractivity contribution < 1.29 is 17.6 Å². The molecule has 0 aliphatic rings. The molecule has 0 fully saturated rings. The Hall–Kier alpha value is -3.52. The Labute approximate surface area is 174 Å². The van der Waals surface area contributed by atoms with Crippen LogP contribution in [0.1, 0.15) is 11.1 Å². The highest BCUT2D eigenvalue weighted by Crippen LogP contribution is 2.23. The standard InChI is InChI=1S/C22H20FN3O3S/c1-17-7-13-21(14-8-17)30(28,29)26(20-5-3-2-4-6-20)16-22(27)25-24-15-18-9-11-19(23)12-10-18/h2-15H,16H2,1H3,(H,25,27)/b24-15+. The van der Waals surface area contributed by atoms with Crippen LogP contribution in [0.5, 0.6) is 0 Å². The third-order valence-corrected chi connectivity index (χ3v) is 6.00. The molecule has 0 unspecified atom stereocenters. The molecular formula is C22H20FN3O3S. The van der Waals surface area contributed by atoms with Crippen molar-refractivity contribution in [2.45, 2.75) is 11.8 Å². The zero-order chi connectivity index (χ0) is 21.6. The van der Waals surface area contributed by atoms with Crippen molar-refractivity contribution in [3.8, 4) is 0 Å². The van der Waals surface area contributed by atoms with E-state index >= 15 is 0 Å². The molecule has 3 aromatic rings. The van der Waals surface area contributed by atoms with Crippen molar-refractivity contribution in [3.05, 3.63) is 95.8 Å². The van der Waals surface area contributed by atoms with E-state index < -0.39 is 22.5 Å². The first-order valence-electron chi connectivity index (χ1n) is 9.08. The first kappa shape index (κ1) is 21.2. The number of sulfonamides is 1. The van der Waals surface area contributed by atoms with Crippen LogP contribution >= 0.6 is 0 Å². The van der Waals surface area contributed by atoms with Gasteiger partial charge in [-0.2, -0.15) is 5.10 Å². The molecule has 8 heteroatoms. The number of anilines is 1. The number of carbonyl (C=O) groups excluding carboxylic acids is 1. The average molecular weight is 425 g/mol. The van der Waals surface area contributed by atoms with Gasteiger partial charge < -0.3 is 0 Å². The molecule has 0 saturated carbocycles. The van der Waals surface area contributed by atoms with Crippen LogP contribution in [0.25, 0.3) is 0 Å². The lowest BCUT2D eigenvalue weighted by Crippen LogP contribution is -2.39. The molecule has 6 nitrogen and oxygen atoms in total. The number of para-hydroxylation sites is 1. The van der Waals surface area contributed by atoms with Gasteiger partial charge in [0, 0.05) is 0 Å². The molecule has 3 rings (SSSR count). The summed E-state index contributed by atoms with van der Waals surface area (Å²) in [6, 6.07) is 20.3. The van der Waals surface area contributed by atoms with Crippen LogP contribution in [-0.4, -0.2) is 27.1 Å². The number of carbonyl (C=O) groups is 1. The van der Waals surface area contributed by atoms with E-state index in [1.54, 1.807) is 42.5 Å². The van der Waals surface area contributed by atoms with Gasteiger partial charge in [0.25, 0.3) is 15.9 Å². The summed E-state index contributed by atoms with van der Waals surface area (Å²) >= 11 is 0. The van der Waals surface area contributed by atoms with Crippen LogP contribution in [0.2, 0.25) is 0 Å². The Balaban J connectivity index is 1.80. The number of rotatable bonds is 7. The molecule has 154 valence electrons.